The van der Waals surface area contributed by atoms with E-state index < -0.39 is 11.5 Å². The van der Waals surface area contributed by atoms with Gasteiger partial charge in [0.2, 0.25) is 0 Å². The summed E-state index contributed by atoms with van der Waals surface area (Å²) in [6.07, 6.45) is 9.63. The fraction of sp³-hybridized carbons (Fsp3) is 0.667. The Morgan fingerprint density at radius 3 is 2.69 bits per heavy atom. The maximum atomic E-state index is 11.5. The third-order valence-corrected chi connectivity index (χ3v) is 3.91. The molecule has 0 unspecified atom stereocenters. The molecule has 0 atom stereocenters. The second-order valence-electron chi connectivity index (χ2n) is 4.66. The lowest BCUT2D eigenvalue weighted by Gasteiger charge is -2.37. The number of carboxylic acids is 1. The highest BCUT2D eigenvalue weighted by atomic mass is 16.4. The van der Waals surface area contributed by atoms with Gasteiger partial charge in [-0.15, -0.1) is 0 Å². The van der Waals surface area contributed by atoms with Crippen LogP contribution in [0.25, 0.3) is 0 Å². The van der Waals surface area contributed by atoms with Crippen LogP contribution in [0.2, 0.25) is 0 Å². The summed E-state index contributed by atoms with van der Waals surface area (Å²) in [5.74, 6) is -0.0314. The minimum Gasteiger partial charge on any atom is -0.479 e. The molecular formula is C12H18N2O2. The van der Waals surface area contributed by atoms with Crippen molar-refractivity contribution in [3.8, 4) is 0 Å². The standard InChI is InChI=1S/C12H18N2O2/c1-2-10-3-5-12(6-4-10,11(15)16)14-8-7-13-9-14/h7-10H,2-6H2,1H3,(H,15,16). The van der Waals surface area contributed by atoms with Gasteiger partial charge in [-0.05, 0) is 31.6 Å². The summed E-state index contributed by atoms with van der Waals surface area (Å²) in [7, 11) is 0. The van der Waals surface area contributed by atoms with Gasteiger partial charge < -0.3 is 9.67 Å². The lowest BCUT2D eigenvalue weighted by Crippen LogP contribution is -2.44. The molecule has 0 spiro atoms. The van der Waals surface area contributed by atoms with Crippen molar-refractivity contribution >= 4 is 5.97 Å². The molecule has 1 aliphatic rings. The SMILES string of the molecule is CCC1CCC(C(=O)O)(n2ccnc2)CC1. The van der Waals surface area contributed by atoms with E-state index in [1.165, 1.54) is 0 Å². The molecule has 0 aliphatic heterocycles. The second-order valence-corrected chi connectivity index (χ2v) is 4.66. The van der Waals surface area contributed by atoms with E-state index in [0.29, 0.717) is 5.92 Å². The number of hydrogen-bond acceptors (Lipinski definition) is 2. The van der Waals surface area contributed by atoms with Crippen LogP contribution in [-0.2, 0) is 10.3 Å². The van der Waals surface area contributed by atoms with E-state index in [2.05, 4.69) is 11.9 Å². The first-order chi connectivity index (χ1) is 7.69. The van der Waals surface area contributed by atoms with Gasteiger partial charge in [-0.3, -0.25) is 0 Å². The van der Waals surface area contributed by atoms with Crippen LogP contribution in [0.4, 0.5) is 0 Å². The van der Waals surface area contributed by atoms with E-state index in [1.807, 2.05) is 0 Å². The molecule has 1 N–H and O–H groups in total. The Balaban J connectivity index is 2.23. The number of carboxylic acid groups (broad SMARTS) is 1. The molecule has 1 aromatic heterocycles. The molecule has 1 saturated carbocycles. The molecule has 88 valence electrons. The van der Waals surface area contributed by atoms with Gasteiger partial charge in [0.1, 0.15) is 5.54 Å². The largest absolute Gasteiger partial charge is 0.479 e. The highest BCUT2D eigenvalue weighted by molar-refractivity contribution is 5.76. The van der Waals surface area contributed by atoms with Gasteiger partial charge in [-0.2, -0.15) is 0 Å². The predicted molar refractivity (Wildman–Crippen MR) is 60.1 cm³/mol. The van der Waals surface area contributed by atoms with Crippen LogP contribution in [0.5, 0.6) is 0 Å². The number of hydrogen-bond donors (Lipinski definition) is 1. The van der Waals surface area contributed by atoms with Crippen molar-refractivity contribution < 1.29 is 9.90 Å². The zero-order chi connectivity index (χ0) is 11.6. The zero-order valence-corrected chi connectivity index (χ0v) is 9.59. The summed E-state index contributed by atoms with van der Waals surface area (Å²) in [6.45, 7) is 2.18. The van der Waals surface area contributed by atoms with Crippen LogP contribution >= 0.6 is 0 Å². The van der Waals surface area contributed by atoms with E-state index >= 15 is 0 Å². The van der Waals surface area contributed by atoms with Crippen LogP contribution in [-0.4, -0.2) is 20.6 Å². The lowest BCUT2D eigenvalue weighted by molar-refractivity contribution is -0.150. The number of nitrogens with zero attached hydrogens (tertiary/aromatic N) is 2. The van der Waals surface area contributed by atoms with Gasteiger partial charge in [0.15, 0.2) is 0 Å². The van der Waals surface area contributed by atoms with Crippen molar-refractivity contribution in [1.82, 2.24) is 9.55 Å². The van der Waals surface area contributed by atoms with E-state index in [0.717, 1.165) is 32.1 Å². The van der Waals surface area contributed by atoms with Crippen LogP contribution in [0.3, 0.4) is 0 Å². The predicted octanol–water partition coefficient (Wildman–Crippen LogP) is 2.26. The Bertz CT molecular complexity index is 351. The first-order valence-corrected chi connectivity index (χ1v) is 5.91. The molecule has 4 heteroatoms. The Labute approximate surface area is 95.3 Å². The van der Waals surface area contributed by atoms with Crippen LogP contribution in [0.1, 0.15) is 39.0 Å². The first-order valence-electron chi connectivity index (χ1n) is 5.91. The van der Waals surface area contributed by atoms with Gasteiger partial charge in [0.05, 0.1) is 6.33 Å². The Morgan fingerprint density at radius 2 is 2.25 bits per heavy atom. The molecular weight excluding hydrogens is 204 g/mol. The third-order valence-electron chi connectivity index (χ3n) is 3.91. The number of imidazole rings is 1. The Morgan fingerprint density at radius 1 is 1.56 bits per heavy atom. The van der Waals surface area contributed by atoms with E-state index in [1.54, 1.807) is 23.3 Å². The molecule has 1 heterocycles. The Kier molecular flexibility index (Phi) is 2.99. The van der Waals surface area contributed by atoms with Crippen molar-refractivity contribution in [2.75, 3.05) is 0 Å². The maximum absolute atomic E-state index is 11.5. The summed E-state index contributed by atoms with van der Waals surface area (Å²) in [4.78, 5) is 15.5. The van der Waals surface area contributed by atoms with Crippen molar-refractivity contribution in [1.29, 1.82) is 0 Å². The van der Waals surface area contributed by atoms with Crippen LogP contribution in [0.15, 0.2) is 18.7 Å². The Hall–Kier alpha value is -1.32. The van der Waals surface area contributed by atoms with Crippen LogP contribution in [0, 0.1) is 5.92 Å². The topological polar surface area (TPSA) is 55.1 Å². The van der Waals surface area contributed by atoms with Crippen molar-refractivity contribution in [2.45, 2.75) is 44.6 Å². The van der Waals surface area contributed by atoms with Gasteiger partial charge in [0, 0.05) is 12.4 Å². The fourth-order valence-corrected chi connectivity index (χ4v) is 2.66. The number of carbonyl (C=O) groups is 1. The normalized spacial score (nSPS) is 30.2. The number of rotatable bonds is 3. The summed E-state index contributed by atoms with van der Waals surface area (Å²) in [5, 5.41) is 9.47. The molecule has 1 aliphatic carbocycles. The average molecular weight is 222 g/mol. The average Bonchev–Trinajstić information content (AvgIpc) is 2.82. The summed E-state index contributed by atoms with van der Waals surface area (Å²) >= 11 is 0. The fourth-order valence-electron chi connectivity index (χ4n) is 2.66. The minimum atomic E-state index is -0.748. The maximum Gasteiger partial charge on any atom is 0.329 e. The van der Waals surface area contributed by atoms with Gasteiger partial charge >= 0.3 is 5.97 Å². The highest BCUT2D eigenvalue weighted by Gasteiger charge is 2.42. The third kappa shape index (κ3) is 1.72. The quantitative estimate of drug-likeness (QED) is 0.853. The van der Waals surface area contributed by atoms with Crippen LogP contribution < -0.4 is 0 Å². The first kappa shape index (κ1) is 11.2. The van der Waals surface area contributed by atoms with E-state index in [4.69, 9.17) is 0 Å². The molecule has 0 bridgehead atoms. The van der Waals surface area contributed by atoms with Gasteiger partial charge in [-0.25, -0.2) is 9.78 Å². The molecule has 0 amide bonds. The second kappa shape index (κ2) is 4.28. The van der Waals surface area contributed by atoms with E-state index in [-0.39, 0.29) is 0 Å². The molecule has 0 aromatic carbocycles. The molecule has 16 heavy (non-hydrogen) atoms. The zero-order valence-electron chi connectivity index (χ0n) is 9.59. The van der Waals surface area contributed by atoms with Crippen molar-refractivity contribution in [3.05, 3.63) is 18.7 Å². The summed E-state index contributed by atoms with van der Waals surface area (Å²) < 4.78 is 1.77. The smallest absolute Gasteiger partial charge is 0.329 e. The number of aliphatic carboxylic acids is 1. The molecule has 0 saturated heterocycles. The van der Waals surface area contributed by atoms with Gasteiger partial charge in [0.25, 0.3) is 0 Å². The molecule has 4 nitrogen and oxygen atoms in total. The lowest BCUT2D eigenvalue weighted by atomic mass is 9.75. The summed E-state index contributed by atoms with van der Waals surface area (Å²) in [6, 6.07) is 0. The van der Waals surface area contributed by atoms with Crippen molar-refractivity contribution in [3.63, 3.8) is 0 Å². The minimum absolute atomic E-state index is 0.691. The molecule has 1 aromatic rings. The van der Waals surface area contributed by atoms with E-state index in [9.17, 15) is 9.90 Å². The molecule has 1 fully saturated rings. The van der Waals surface area contributed by atoms with Crippen molar-refractivity contribution in [2.24, 2.45) is 5.92 Å². The van der Waals surface area contributed by atoms with Gasteiger partial charge in [-0.1, -0.05) is 13.3 Å². The number of aromatic nitrogens is 2. The molecule has 0 radical (unpaired) electrons. The summed E-state index contributed by atoms with van der Waals surface area (Å²) in [5.41, 5.74) is -0.748. The molecule has 2 rings (SSSR count). The monoisotopic (exact) mass is 222 g/mol. The highest BCUT2D eigenvalue weighted by Crippen LogP contribution is 2.38.